The Hall–Kier alpha value is -2.15. The third-order valence-corrected chi connectivity index (χ3v) is 3.86. The topological polar surface area (TPSA) is 100 Å². The van der Waals surface area contributed by atoms with Crippen molar-refractivity contribution in [3.8, 4) is 0 Å². The number of nitrogens with two attached hydrogens (primary N) is 1. The van der Waals surface area contributed by atoms with E-state index in [1.165, 1.54) is 25.7 Å². The molecule has 7 heteroatoms. The van der Waals surface area contributed by atoms with E-state index in [1.807, 2.05) is 12.1 Å². The number of carbonyl (C=O) groups is 2. The number of hydrogen-bond acceptors (Lipinski definition) is 5. The van der Waals surface area contributed by atoms with E-state index in [2.05, 4.69) is 20.5 Å². The highest BCUT2D eigenvalue weighted by molar-refractivity contribution is 5.85. The van der Waals surface area contributed by atoms with E-state index in [0.29, 0.717) is 6.54 Å². The molecule has 0 radical (unpaired) electrons. The highest BCUT2D eigenvalue weighted by Crippen LogP contribution is 2.17. The van der Waals surface area contributed by atoms with Crippen molar-refractivity contribution in [2.75, 3.05) is 31.1 Å². The average Bonchev–Trinajstić information content (AvgIpc) is 2.87. The fraction of sp³-hybridized carbons (Fsp3) is 0.562. The minimum atomic E-state index is -0.344. The molecule has 0 aromatic carbocycles. The smallest absolute Gasteiger partial charge is 0.239 e. The van der Waals surface area contributed by atoms with Crippen LogP contribution in [0.3, 0.4) is 0 Å². The first-order valence-corrected chi connectivity index (χ1v) is 8.12. The van der Waals surface area contributed by atoms with E-state index in [1.54, 1.807) is 6.20 Å². The third kappa shape index (κ3) is 5.86. The Kier molecular flexibility index (Phi) is 6.80. The first-order chi connectivity index (χ1) is 11.2. The van der Waals surface area contributed by atoms with E-state index in [4.69, 9.17) is 5.73 Å². The average molecular weight is 319 g/mol. The summed E-state index contributed by atoms with van der Waals surface area (Å²) in [7, 11) is 0. The second-order valence-electron chi connectivity index (χ2n) is 5.68. The van der Waals surface area contributed by atoms with Crippen LogP contribution in [0.4, 0.5) is 5.82 Å². The molecule has 7 nitrogen and oxygen atoms in total. The summed E-state index contributed by atoms with van der Waals surface area (Å²) in [6.07, 6.45) is 6.81. The van der Waals surface area contributed by atoms with Crippen LogP contribution in [0.5, 0.6) is 0 Å². The molecule has 0 aliphatic carbocycles. The molecule has 0 bridgehead atoms. The Balaban J connectivity index is 1.78. The Morgan fingerprint density at radius 1 is 1.09 bits per heavy atom. The molecule has 0 saturated carbocycles. The molecule has 1 aliphatic rings. The third-order valence-electron chi connectivity index (χ3n) is 3.86. The van der Waals surface area contributed by atoms with Crippen LogP contribution in [0.1, 0.15) is 31.2 Å². The summed E-state index contributed by atoms with van der Waals surface area (Å²) in [4.78, 5) is 29.4. The van der Waals surface area contributed by atoms with Crippen molar-refractivity contribution < 1.29 is 9.59 Å². The van der Waals surface area contributed by atoms with Gasteiger partial charge < -0.3 is 21.3 Å². The normalized spacial score (nSPS) is 14.9. The van der Waals surface area contributed by atoms with Crippen LogP contribution in [0, 0.1) is 0 Å². The van der Waals surface area contributed by atoms with Crippen molar-refractivity contribution in [3.05, 3.63) is 23.9 Å². The monoisotopic (exact) mass is 319 g/mol. The van der Waals surface area contributed by atoms with Gasteiger partial charge in [-0.2, -0.15) is 0 Å². The molecule has 1 aliphatic heterocycles. The van der Waals surface area contributed by atoms with Crippen LogP contribution >= 0.6 is 0 Å². The van der Waals surface area contributed by atoms with Crippen LogP contribution in [0.15, 0.2) is 18.3 Å². The summed E-state index contributed by atoms with van der Waals surface area (Å²) in [5.74, 6) is 0.407. The van der Waals surface area contributed by atoms with Gasteiger partial charge in [0.05, 0.1) is 13.1 Å². The van der Waals surface area contributed by atoms with Crippen LogP contribution in [-0.4, -0.2) is 43.0 Å². The second-order valence-corrected chi connectivity index (χ2v) is 5.68. The fourth-order valence-corrected chi connectivity index (χ4v) is 2.52. The number of amides is 2. The molecule has 1 aromatic heterocycles. The molecule has 23 heavy (non-hydrogen) atoms. The van der Waals surface area contributed by atoms with Gasteiger partial charge in [-0.05, 0) is 24.5 Å². The molecular formula is C16H25N5O2. The minimum absolute atomic E-state index is 0.0602. The van der Waals surface area contributed by atoms with Crippen molar-refractivity contribution in [2.45, 2.75) is 32.2 Å². The zero-order chi connectivity index (χ0) is 16.5. The lowest BCUT2D eigenvalue weighted by molar-refractivity contribution is -0.125. The molecule has 1 saturated heterocycles. The number of nitrogens with one attached hydrogen (secondary N) is 2. The number of nitrogens with zero attached hydrogens (tertiary/aromatic N) is 2. The van der Waals surface area contributed by atoms with Gasteiger partial charge in [0, 0.05) is 25.8 Å². The molecule has 0 spiro atoms. The molecule has 126 valence electrons. The van der Waals surface area contributed by atoms with Crippen molar-refractivity contribution in [2.24, 2.45) is 5.73 Å². The number of aromatic nitrogens is 1. The highest BCUT2D eigenvalue weighted by Gasteiger charge is 2.11. The molecule has 4 N–H and O–H groups in total. The second kappa shape index (κ2) is 9.09. The molecule has 1 fully saturated rings. The van der Waals surface area contributed by atoms with E-state index in [9.17, 15) is 9.59 Å². The van der Waals surface area contributed by atoms with E-state index in [0.717, 1.165) is 24.5 Å². The first-order valence-electron chi connectivity index (χ1n) is 8.12. The maximum Gasteiger partial charge on any atom is 0.239 e. The lowest BCUT2D eigenvalue weighted by Crippen LogP contribution is -2.39. The van der Waals surface area contributed by atoms with Gasteiger partial charge in [-0.25, -0.2) is 4.98 Å². The Bertz CT molecular complexity index is 510. The van der Waals surface area contributed by atoms with Crippen LogP contribution in [0.2, 0.25) is 0 Å². The fourth-order valence-electron chi connectivity index (χ4n) is 2.52. The summed E-state index contributed by atoms with van der Waals surface area (Å²) < 4.78 is 0. The van der Waals surface area contributed by atoms with Gasteiger partial charge in [0.15, 0.2) is 0 Å². The molecule has 2 amide bonds. The minimum Gasteiger partial charge on any atom is -0.357 e. The largest absolute Gasteiger partial charge is 0.357 e. The summed E-state index contributed by atoms with van der Waals surface area (Å²) in [5.41, 5.74) is 6.09. The van der Waals surface area contributed by atoms with Crippen molar-refractivity contribution in [1.29, 1.82) is 0 Å². The standard InChI is InChI=1S/C16H25N5O2/c17-9-15(22)20-12-16(23)19-11-13-5-6-14(18-10-13)21-7-3-1-2-4-8-21/h5-6,10H,1-4,7-9,11-12,17H2,(H,19,23)(H,20,22). The molecule has 1 aromatic rings. The SMILES string of the molecule is NCC(=O)NCC(=O)NCc1ccc(N2CCCCCC2)nc1. The number of pyridine rings is 1. The zero-order valence-electron chi connectivity index (χ0n) is 13.4. The summed E-state index contributed by atoms with van der Waals surface area (Å²) >= 11 is 0. The van der Waals surface area contributed by atoms with Gasteiger partial charge in [0.2, 0.25) is 11.8 Å². The van der Waals surface area contributed by atoms with E-state index < -0.39 is 0 Å². The molecule has 0 unspecified atom stereocenters. The van der Waals surface area contributed by atoms with Crippen molar-refractivity contribution >= 4 is 17.6 Å². The maximum atomic E-state index is 11.6. The molecule has 2 rings (SSSR count). The molecule has 0 atom stereocenters. The number of rotatable bonds is 6. The van der Waals surface area contributed by atoms with Crippen molar-refractivity contribution in [3.63, 3.8) is 0 Å². The summed E-state index contributed by atoms with van der Waals surface area (Å²) in [6.45, 7) is 2.34. The van der Waals surface area contributed by atoms with Crippen molar-refractivity contribution in [1.82, 2.24) is 15.6 Å². The Morgan fingerprint density at radius 3 is 2.43 bits per heavy atom. The quantitative estimate of drug-likeness (QED) is 0.693. The lowest BCUT2D eigenvalue weighted by Gasteiger charge is -2.21. The highest BCUT2D eigenvalue weighted by atomic mass is 16.2. The van der Waals surface area contributed by atoms with Gasteiger partial charge in [-0.3, -0.25) is 9.59 Å². The van der Waals surface area contributed by atoms with Crippen LogP contribution < -0.4 is 21.3 Å². The van der Waals surface area contributed by atoms with Gasteiger partial charge in [-0.1, -0.05) is 18.9 Å². The van der Waals surface area contributed by atoms with E-state index >= 15 is 0 Å². The predicted molar refractivity (Wildman–Crippen MR) is 88.8 cm³/mol. The van der Waals surface area contributed by atoms with Crippen LogP contribution in [-0.2, 0) is 16.1 Å². The Morgan fingerprint density at radius 2 is 1.83 bits per heavy atom. The van der Waals surface area contributed by atoms with Gasteiger partial charge in [-0.15, -0.1) is 0 Å². The van der Waals surface area contributed by atoms with Gasteiger partial charge >= 0.3 is 0 Å². The maximum absolute atomic E-state index is 11.6. The molecule has 2 heterocycles. The summed E-state index contributed by atoms with van der Waals surface area (Å²) in [6, 6.07) is 3.98. The number of carbonyl (C=O) groups excluding carboxylic acids is 2. The Labute approximate surface area is 136 Å². The van der Waals surface area contributed by atoms with Crippen LogP contribution in [0.25, 0.3) is 0 Å². The van der Waals surface area contributed by atoms with E-state index in [-0.39, 0.29) is 24.9 Å². The predicted octanol–water partition coefficient (Wildman–Crippen LogP) is 0.153. The zero-order valence-corrected chi connectivity index (χ0v) is 13.4. The number of anilines is 1. The summed E-state index contributed by atoms with van der Waals surface area (Å²) in [5, 5.41) is 5.17. The van der Waals surface area contributed by atoms with Gasteiger partial charge in [0.25, 0.3) is 0 Å². The first kappa shape index (κ1) is 17.2. The number of hydrogen-bond donors (Lipinski definition) is 3. The lowest BCUT2D eigenvalue weighted by atomic mass is 10.2. The molecular weight excluding hydrogens is 294 g/mol. The van der Waals surface area contributed by atoms with Gasteiger partial charge in [0.1, 0.15) is 5.82 Å².